The summed E-state index contributed by atoms with van der Waals surface area (Å²) in [7, 11) is 1.65. The van der Waals surface area contributed by atoms with Crippen molar-refractivity contribution in [1.29, 1.82) is 0 Å². The second kappa shape index (κ2) is 3.48. The van der Waals surface area contributed by atoms with E-state index in [1.165, 1.54) is 11.3 Å². The summed E-state index contributed by atoms with van der Waals surface area (Å²) in [5.41, 5.74) is 0. The molecule has 2 aromatic rings. The van der Waals surface area contributed by atoms with Crippen LogP contribution in [0.15, 0.2) is 32.9 Å². The zero-order chi connectivity index (χ0) is 10.3. The molecule has 0 radical (unpaired) electrons. The van der Waals surface area contributed by atoms with Crippen molar-refractivity contribution in [3.05, 3.63) is 28.1 Å². The smallest absolute Gasteiger partial charge is 0.207 e. The van der Waals surface area contributed by atoms with Crippen LogP contribution < -0.4 is 0 Å². The van der Waals surface area contributed by atoms with Crippen LogP contribution in [-0.2, 0) is 9.05 Å². The molecule has 1 aromatic carbocycles. The number of fused-ring (bicyclic) bond motifs is 1. The molecular formula is C8H4BrClO2S2. The predicted molar refractivity (Wildman–Crippen MR) is 62.6 cm³/mol. The molecular weight excluding hydrogens is 308 g/mol. The van der Waals surface area contributed by atoms with E-state index in [-0.39, 0.29) is 4.90 Å². The van der Waals surface area contributed by atoms with Crippen LogP contribution in [0.3, 0.4) is 0 Å². The first-order chi connectivity index (χ1) is 6.48. The number of hydrogen-bond acceptors (Lipinski definition) is 3. The van der Waals surface area contributed by atoms with Gasteiger partial charge in [0.1, 0.15) is 4.90 Å². The highest BCUT2D eigenvalue weighted by molar-refractivity contribution is 9.10. The van der Waals surface area contributed by atoms with Gasteiger partial charge in [0.15, 0.2) is 0 Å². The largest absolute Gasteiger partial charge is 0.262 e. The topological polar surface area (TPSA) is 34.1 Å². The van der Waals surface area contributed by atoms with Crippen molar-refractivity contribution in [3.8, 4) is 0 Å². The second-order valence-corrected chi connectivity index (χ2v) is 7.04. The Kier molecular flexibility index (Phi) is 2.59. The fourth-order valence-electron chi connectivity index (χ4n) is 1.17. The maximum atomic E-state index is 11.2. The van der Waals surface area contributed by atoms with Crippen LogP contribution in [0.25, 0.3) is 10.1 Å². The Bertz CT molecular complexity index is 588. The molecule has 0 N–H and O–H groups in total. The van der Waals surface area contributed by atoms with Crippen molar-refractivity contribution in [3.63, 3.8) is 0 Å². The highest BCUT2D eigenvalue weighted by Gasteiger charge is 2.15. The maximum absolute atomic E-state index is 11.2. The molecule has 74 valence electrons. The molecule has 2 rings (SSSR count). The minimum Gasteiger partial charge on any atom is -0.207 e. The lowest BCUT2D eigenvalue weighted by molar-refractivity contribution is 0.610. The fourth-order valence-corrected chi connectivity index (χ4v) is 4.23. The average molecular weight is 312 g/mol. The maximum Gasteiger partial charge on any atom is 0.262 e. The van der Waals surface area contributed by atoms with Gasteiger partial charge in [0.2, 0.25) is 0 Å². The third kappa shape index (κ3) is 1.82. The Balaban J connectivity index is 2.83. The summed E-state index contributed by atoms with van der Waals surface area (Å²) in [6, 6.07) is 5.40. The Morgan fingerprint density at radius 1 is 1.36 bits per heavy atom. The van der Waals surface area contributed by atoms with E-state index in [1.807, 2.05) is 6.07 Å². The lowest BCUT2D eigenvalue weighted by Crippen LogP contribution is -1.87. The molecule has 0 bridgehead atoms. The predicted octanol–water partition coefficient (Wildman–Crippen LogP) is 3.59. The van der Waals surface area contributed by atoms with Gasteiger partial charge in [-0.15, -0.1) is 11.3 Å². The van der Waals surface area contributed by atoms with Crippen molar-refractivity contribution in [2.75, 3.05) is 0 Å². The Hall–Kier alpha value is -0.100. The molecule has 0 aliphatic rings. The molecule has 0 saturated carbocycles. The highest BCUT2D eigenvalue weighted by Crippen LogP contribution is 2.33. The first-order valence-electron chi connectivity index (χ1n) is 3.60. The quantitative estimate of drug-likeness (QED) is 0.754. The Morgan fingerprint density at radius 2 is 2.07 bits per heavy atom. The minimum absolute atomic E-state index is 0.187. The number of benzene rings is 1. The zero-order valence-corrected chi connectivity index (χ0v) is 10.7. The first kappa shape index (κ1) is 10.4. The van der Waals surface area contributed by atoms with Gasteiger partial charge in [0, 0.05) is 30.6 Å². The molecule has 0 fully saturated rings. The van der Waals surface area contributed by atoms with Gasteiger partial charge < -0.3 is 0 Å². The summed E-state index contributed by atoms with van der Waals surface area (Å²) in [6.07, 6.45) is 0. The second-order valence-electron chi connectivity index (χ2n) is 2.68. The molecule has 0 aliphatic carbocycles. The normalized spacial score (nSPS) is 12.1. The van der Waals surface area contributed by atoms with Crippen LogP contribution in [0, 0.1) is 0 Å². The van der Waals surface area contributed by atoms with Gasteiger partial charge in [0.25, 0.3) is 9.05 Å². The summed E-state index contributed by atoms with van der Waals surface area (Å²) in [4.78, 5) is 0.187. The molecule has 0 amide bonds. The van der Waals surface area contributed by atoms with Crippen molar-refractivity contribution in [1.82, 2.24) is 0 Å². The van der Waals surface area contributed by atoms with E-state index < -0.39 is 9.05 Å². The summed E-state index contributed by atoms with van der Waals surface area (Å²) < 4.78 is 24.1. The molecule has 2 nitrogen and oxygen atoms in total. The lowest BCUT2D eigenvalue weighted by atomic mass is 10.3. The van der Waals surface area contributed by atoms with E-state index in [9.17, 15) is 8.42 Å². The monoisotopic (exact) mass is 310 g/mol. The number of rotatable bonds is 1. The molecule has 6 heteroatoms. The minimum atomic E-state index is -3.63. The highest BCUT2D eigenvalue weighted by atomic mass is 79.9. The zero-order valence-electron chi connectivity index (χ0n) is 6.70. The molecule has 0 saturated heterocycles. The number of halogens is 2. The van der Waals surface area contributed by atoms with E-state index in [0.717, 1.165) is 9.17 Å². The van der Waals surface area contributed by atoms with Gasteiger partial charge in [-0.2, -0.15) is 0 Å². The van der Waals surface area contributed by atoms with Crippen molar-refractivity contribution in [2.45, 2.75) is 4.90 Å². The van der Waals surface area contributed by atoms with E-state index in [4.69, 9.17) is 10.7 Å². The summed E-state index contributed by atoms with van der Waals surface area (Å²) in [5.74, 6) is 0. The van der Waals surface area contributed by atoms with Gasteiger partial charge >= 0.3 is 0 Å². The van der Waals surface area contributed by atoms with Crippen LogP contribution in [0.2, 0.25) is 0 Å². The standard InChI is InChI=1S/C8H4BrClO2S2/c9-5-1-2-6-7(3-5)13-4-8(6)14(10,11)12/h1-4H. The van der Waals surface area contributed by atoms with Crippen molar-refractivity contribution in [2.24, 2.45) is 0 Å². The summed E-state index contributed by atoms with van der Waals surface area (Å²) >= 11 is 4.68. The number of hydrogen-bond donors (Lipinski definition) is 0. The molecule has 0 atom stereocenters. The van der Waals surface area contributed by atoms with Gasteiger partial charge in [-0.3, -0.25) is 0 Å². The SMILES string of the molecule is O=S(=O)(Cl)c1csc2cc(Br)ccc12. The molecule has 1 heterocycles. The van der Waals surface area contributed by atoms with E-state index in [0.29, 0.717) is 5.39 Å². The molecule has 0 spiro atoms. The third-order valence-electron chi connectivity index (χ3n) is 1.76. The van der Waals surface area contributed by atoms with Crippen LogP contribution in [-0.4, -0.2) is 8.42 Å². The van der Waals surface area contributed by atoms with Crippen molar-refractivity contribution < 1.29 is 8.42 Å². The van der Waals surface area contributed by atoms with Crippen LogP contribution in [0.4, 0.5) is 0 Å². The van der Waals surface area contributed by atoms with Gasteiger partial charge in [-0.25, -0.2) is 8.42 Å². The van der Waals surface area contributed by atoms with Crippen LogP contribution in [0.1, 0.15) is 0 Å². The number of thiophene rings is 1. The summed E-state index contributed by atoms with van der Waals surface area (Å²) in [5, 5.41) is 2.23. The molecule has 1 aromatic heterocycles. The fraction of sp³-hybridized carbons (Fsp3) is 0. The Labute approximate surface area is 98.1 Å². The summed E-state index contributed by atoms with van der Waals surface area (Å²) in [6.45, 7) is 0. The van der Waals surface area contributed by atoms with Gasteiger partial charge in [0.05, 0.1) is 0 Å². The van der Waals surface area contributed by atoms with E-state index in [1.54, 1.807) is 17.5 Å². The van der Waals surface area contributed by atoms with Gasteiger partial charge in [-0.05, 0) is 12.1 Å². The third-order valence-corrected chi connectivity index (χ3v) is 4.71. The average Bonchev–Trinajstić information content (AvgIpc) is 2.45. The lowest BCUT2D eigenvalue weighted by Gasteiger charge is -1.94. The Morgan fingerprint density at radius 3 is 2.71 bits per heavy atom. The molecule has 0 unspecified atom stereocenters. The van der Waals surface area contributed by atoms with E-state index >= 15 is 0 Å². The first-order valence-corrected chi connectivity index (χ1v) is 7.58. The van der Waals surface area contributed by atoms with Crippen LogP contribution >= 0.6 is 37.9 Å². The van der Waals surface area contributed by atoms with E-state index in [2.05, 4.69) is 15.9 Å². The molecule has 14 heavy (non-hydrogen) atoms. The van der Waals surface area contributed by atoms with Crippen LogP contribution in [0.5, 0.6) is 0 Å². The molecule has 0 aliphatic heterocycles. The van der Waals surface area contributed by atoms with Crippen molar-refractivity contribution >= 4 is 57.1 Å². The van der Waals surface area contributed by atoms with Gasteiger partial charge in [-0.1, -0.05) is 22.0 Å².